The van der Waals surface area contributed by atoms with Crippen LogP contribution in [0.25, 0.3) is 0 Å². The van der Waals surface area contributed by atoms with E-state index in [1.807, 2.05) is 0 Å². The fourth-order valence-electron chi connectivity index (χ4n) is 3.70. The first-order valence-electron chi connectivity index (χ1n) is 11.8. The molecule has 0 heterocycles. The monoisotopic (exact) mass is 453 g/mol. The van der Waals surface area contributed by atoms with Gasteiger partial charge in [-0.2, -0.15) is 0 Å². The summed E-state index contributed by atoms with van der Waals surface area (Å²) in [7, 11) is 0. The Kier molecular flexibility index (Phi) is 16.2. The van der Waals surface area contributed by atoms with Gasteiger partial charge in [0.1, 0.15) is 4.32 Å². The fraction of sp³-hybridized carbons (Fsp3) is 0.720. The largest absolute Gasteiger partial charge is 0.269 e. The van der Waals surface area contributed by atoms with E-state index in [2.05, 4.69) is 46.9 Å². The standard InChI is InChI=1S/C25H43NO2S2/c1-7-11-15-20(16-12-8-2)22(21(17-13-9-3)18-14-10-4)24(28)26(25(29)30)23(27)19(5)6/h20H,5,7-18H2,1-4,6H3,(H,29,30). The van der Waals surface area contributed by atoms with Crippen LogP contribution in [-0.4, -0.2) is 21.0 Å². The third kappa shape index (κ3) is 9.91. The number of thiocarbonyl (C=S) groups is 1. The molecule has 30 heavy (non-hydrogen) atoms. The zero-order chi connectivity index (χ0) is 23.1. The van der Waals surface area contributed by atoms with Gasteiger partial charge in [0.2, 0.25) is 0 Å². The second kappa shape index (κ2) is 16.7. The molecular weight excluding hydrogens is 410 g/mol. The van der Waals surface area contributed by atoms with Crippen molar-refractivity contribution in [2.24, 2.45) is 5.92 Å². The Hall–Kier alpha value is -0.940. The van der Waals surface area contributed by atoms with Crippen LogP contribution in [0.1, 0.15) is 112 Å². The number of hydrogen-bond acceptors (Lipinski definition) is 3. The maximum atomic E-state index is 13.8. The molecule has 0 fully saturated rings. The van der Waals surface area contributed by atoms with Gasteiger partial charge in [0.25, 0.3) is 11.8 Å². The highest BCUT2D eigenvalue weighted by Gasteiger charge is 2.32. The highest BCUT2D eigenvalue weighted by Crippen LogP contribution is 2.33. The number of imide groups is 1. The molecule has 2 amide bonds. The Bertz CT molecular complexity index is 592. The molecule has 0 unspecified atom stereocenters. The van der Waals surface area contributed by atoms with Crippen LogP contribution in [0.15, 0.2) is 23.3 Å². The molecule has 0 bridgehead atoms. The van der Waals surface area contributed by atoms with Gasteiger partial charge in [-0.3, -0.25) is 9.59 Å². The third-order valence-corrected chi connectivity index (χ3v) is 5.84. The highest BCUT2D eigenvalue weighted by molar-refractivity contribution is 8.11. The minimum Gasteiger partial charge on any atom is -0.269 e. The average molecular weight is 454 g/mol. The molecule has 0 aliphatic heterocycles. The molecule has 0 N–H and O–H groups in total. The molecule has 172 valence electrons. The van der Waals surface area contributed by atoms with Crippen molar-refractivity contribution in [3.8, 4) is 0 Å². The van der Waals surface area contributed by atoms with E-state index in [0.29, 0.717) is 5.57 Å². The SMILES string of the molecule is C=C(C)C(=O)N(C(=O)C(=C(CCCC)CCCC)C(CCCC)CCCC)C(=S)S. The topological polar surface area (TPSA) is 37.4 Å². The molecule has 0 saturated heterocycles. The lowest BCUT2D eigenvalue weighted by Gasteiger charge is -2.28. The lowest BCUT2D eigenvalue weighted by molar-refractivity contribution is -0.135. The molecule has 0 aromatic heterocycles. The third-order valence-electron chi connectivity index (χ3n) is 5.46. The number of thiol groups is 1. The first-order chi connectivity index (χ1) is 14.3. The van der Waals surface area contributed by atoms with Gasteiger partial charge >= 0.3 is 0 Å². The number of allylic oxidation sites excluding steroid dienone is 1. The molecule has 0 saturated carbocycles. The predicted molar refractivity (Wildman–Crippen MR) is 137 cm³/mol. The molecule has 0 aromatic rings. The first kappa shape index (κ1) is 29.1. The van der Waals surface area contributed by atoms with Crippen molar-refractivity contribution in [1.29, 1.82) is 0 Å². The lowest BCUT2D eigenvalue weighted by atomic mass is 9.82. The summed E-state index contributed by atoms with van der Waals surface area (Å²) in [4.78, 5) is 27.7. The second-order valence-corrected chi connectivity index (χ2v) is 9.33. The predicted octanol–water partition coefficient (Wildman–Crippen LogP) is 7.81. The van der Waals surface area contributed by atoms with E-state index in [9.17, 15) is 9.59 Å². The van der Waals surface area contributed by atoms with Crippen LogP contribution >= 0.6 is 24.8 Å². The summed E-state index contributed by atoms with van der Waals surface area (Å²) in [5.74, 6) is -0.570. The summed E-state index contributed by atoms with van der Waals surface area (Å²) < 4.78 is 0.000524. The van der Waals surface area contributed by atoms with Gasteiger partial charge in [-0.1, -0.05) is 90.6 Å². The van der Waals surface area contributed by atoms with E-state index in [1.54, 1.807) is 6.92 Å². The van der Waals surface area contributed by atoms with Gasteiger partial charge in [-0.05, 0) is 51.4 Å². The smallest absolute Gasteiger partial charge is 0.262 e. The van der Waals surface area contributed by atoms with Gasteiger partial charge in [-0.25, -0.2) is 4.90 Å². The van der Waals surface area contributed by atoms with E-state index in [0.717, 1.165) is 87.5 Å². The van der Waals surface area contributed by atoms with Gasteiger partial charge < -0.3 is 0 Å². The average Bonchev–Trinajstić information content (AvgIpc) is 2.70. The molecule has 0 rings (SSSR count). The Labute approximate surface area is 196 Å². The van der Waals surface area contributed by atoms with Crippen molar-refractivity contribution in [2.75, 3.05) is 0 Å². The molecule has 0 aromatic carbocycles. The summed E-state index contributed by atoms with van der Waals surface area (Å²) >= 11 is 9.45. The molecule has 5 heteroatoms. The first-order valence-corrected chi connectivity index (χ1v) is 12.6. The fourth-order valence-corrected chi connectivity index (χ4v) is 4.05. The Balaban J connectivity index is 6.52. The number of carbonyl (C=O) groups excluding carboxylic acids is 2. The number of carbonyl (C=O) groups is 2. The van der Waals surface area contributed by atoms with Crippen LogP contribution in [0.2, 0.25) is 0 Å². The van der Waals surface area contributed by atoms with Crippen LogP contribution in [0.5, 0.6) is 0 Å². The molecule has 0 aliphatic rings. The number of unbranched alkanes of at least 4 members (excludes halogenated alkanes) is 4. The van der Waals surface area contributed by atoms with Crippen molar-refractivity contribution < 1.29 is 9.59 Å². The van der Waals surface area contributed by atoms with Crippen LogP contribution in [0.3, 0.4) is 0 Å². The molecular formula is C25H43NO2S2. The lowest BCUT2D eigenvalue weighted by Crippen LogP contribution is -2.41. The van der Waals surface area contributed by atoms with Crippen molar-refractivity contribution in [3.63, 3.8) is 0 Å². The summed E-state index contributed by atoms with van der Waals surface area (Å²) in [6.07, 6.45) is 12.3. The van der Waals surface area contributed by atoms with Gasteiger partial charge in [0.05, 0.1) is 0 Å². The van der Waals surface area contributed by atoms with Crippen molar-refractivity contribution in [1.82, 2.24) is 4.90 Å². The van der Waals surface area contributed by atoms with Crippen LogP contribution < -0.4 is 0 Å². The summed E-state index contributed by atoms with van der Waals surface area (Å²) in [6.45, 7) is 14.0. The van der Waals surface area contributed by atoms with Gasteiger partial charge in [0, 0.05) is 11.1 Å². The van der Waals surface area contributed by atoms with E-state index < -0.39 is 5.91 Å². The van der Waals surface area contributed by atoms with E-state index in [1.165, 1.54) is 5.57 Å². The second-order valence-electron chi connectivity index (χ2n) is 8.21. The molecule has 3 nitrogen and oxygen atoms in total. The normalized spacial score (nSPS) is 10.8. The summed E-state index contributed by atoms with van der Waals surface area (Å²) in [5.41, 5.74) is 2.33. The summed E-state index contributed by atoms with van der Waals surface area (Å²) in [5, 5.41) is 0. The molecule has 0 spiro atoms. The molecule has 0 atom stereocenters. The Morgan fingerprint density at radius 3 is 1.63 bits per heavy atom. The van der Waals surface area contributed by atoms with Crippen LogP contribution in [0.4, 0.5) is 0 Å². The van der Waals surface area contributed by atoms with Crippen molar-refractivity contribution in [2.45, 2.75) is 112 Å². The quantitative estimate of drug-likeness (QED) is 0.156. The van der Waals surface area contributed by atoms with E-state index in [4.69, 9.17) is 12.2 Å². The van der Waals surface area contributed by atoms with E-state index >= 15 is 0 Å². The van der Waals surface area contributed by atoms with Crippen molar-refractivity contribution in [3.05, 3.63) is 23.3 Å². The maximum Gasteiger partial charge on any atom is 0.262 e. The molecule has 0 radical (unpaired) electrons. The zero-order valence-corrected chi connectivity index (χ0v) is 21.6. The minimum atomic E-state index is -0.451. The maximum absolute atomic E-state index is 13.8. The van der Waals surface area contributed by atoms with Gasteiger partial charge in [-0.15, -0.1) is 12.6 Å². The van der Waals surface area contributed by atoms with Crippen LogP contribution in [0, 0.1) is 5.92 Å². The summed E-state index contributed by atoms with van der Waals surface area (Å²) in [6, 6.07) is 0. The Morgan fingerprint density at radius 2 is 1.30 bits per heavy atom. The number of hydrogen-bond donors (Lipinski definition) is 1. The number of rotatable bonds is 15. The molecule has 0 aliphatic carbocycles. The van der Waals surface area contributed by atoms with E-state index in [-0.39, 0.29) is 16.1 Å². The number of nitrogens with zero attached hydrogens (tertiary/aromatic N) is 1. The Morgan fingerprint density at radius 1 is 0.867 bits per heavy atom. The zero-order valence-electron chi connectivity index (χ0n) is 19.9. The van der Waals surface area contributed by atoms with Crippen LogP contribution in [-0.2, 0) is 9.59 Å². The number of amides is 2. The minimum absolute atomic E-state index is 0.000524. The van der Waals surface area contributed by atoms with Gasteiger partial charge in [0.15, 0.2) is 0 Å². The van der Waals surface area contributed by atoms with Crippen molar-refractivity contribution >= 4 is 41.0 Å². The highest BCUT2D eigenvalue weighted by atomic mass is 32.1.